The van der Waals surface area contributed by atoms with Crippen molar-refractivity contribution in [2.45, 2.75) is 25.7 Å². The van der Waals surface area contributed by atoms with Gasteiger partial charge < -0.3 is 21.7 Å². The minimum atomic E-state index is -0.260. The Labute approximate surface area is 209 Å². The number of unbranched alkanes of at least 4 members (excludes halogenated alkanes) is 3. The van der Waals surface area contributed by atoms with Gasteiger partial charge in [-0.05, 0) is 61.4 Å². The molecule has 0 spiro atoms. The lowest BCUT2D eigenvalue weighted by atomic mass is 10.2. The average molecular weight is 505 g/mol. The molecule has 0 unspecified atom stereocenters. The van der Waals surface area contributed by atoms with Crippen LogP contribution in [0.1, 0.15) is 25.7 Å². The Kier molecular flexibility index (Phi) is 11.5. The van der Waals surface area contributed by atoms with Crippen LogP contribution in [-0.2, 0) is 0 Å². The number of nitrogens with one attached hydrogen (secondary N) is 8. The van der Waals surface area contributed by atoms with Crippen molar-refractivity contribution in [2.24, 2.45) is 10.7 Å². The van der Waals surface area contributed by atoms with Crippen LogP contribution in [0.3, 0.4) is 0 Å². The van der Waals surface area contributed by atoms with Gasteiger partial charge in [-0.3, -0.25) is 26.9 Å². The van der Waals surface area contributed by atoms with Crippen molar-refractivity contribution < 1.29 is 0 Å². The molecule has 2 aromatic rings. The molecule has 0 radical (unpaired) electrons. The molecule has 34 heavy (non-hydrogen) atoms. The fourth-order valence-corrected chi connectivity index (χ4v) is 3.03. The van der Waals surface area contributed by atoms with Gasteiger partial charge in [0.1, 0.15) is 0 Å². The van der Waals surface area contributed by atoms with E-state index in [9.17, 15) is 0 Å². The summed E-state index contributed by atoms with van der Waals surface area (Å²) < 4.78 is 0. The van der Waals surface area contributed by atoms with Crippen LogP contribution >= 0.6 is 23.2 Å². The second-order valence-corrected chi connectivity index (χ2v) is 8.12. The van der Waals surface area contributed by atoms with Gasteiger partial charge in [0.15, 0.2) is 17.9 Å². The average Bonchev–Trinajstić information content (AvgIpc) is 2.78. The highest BCUT2D eigenvalue weighted by molar-refractivity contribution is 6.31. The number of hydrogen-bond acceptors (Lipinski definition) is 4. The molecule has 2 rings (SSSR count). The van der Waals surface area contributed by atoms with Crippen LogP contribution in [-0.4, -0.2) is 36.9 Å². The lowest BCUT2D eigenvalue weighted by molar-refractivity contribution is 0.619. The topological polar surface area (TPSA) is 170 Å². The van der Waals surface area contributed by atoms with Gasteiger partial charge in [-0.1, -0.05) is 36.0 Å². The number of rotatable bonds is 9. The van der Waals surface area contributed by atoms with Gasteiger partial charge in [0.25, 0.3) is 0 Å². The smallest absolute Gasteiger partial charge is 0.207 e. The molecule has 0 amide bonds. The highest BCUT2D eigenvalue weighted by atomic mass is 35.5. The van der Waals surface area contributed by atoms with Crippen LogP contribution in [0.5, 0.6) is 0 Å². The molecule has 0 aliphatic rings. The quantitative estimate of drug-likeness (QED) is 0.143. The molecule has 10 nitrogen and oxygen atoms in total. The van der Waals surface area contributed by atoms with Crippen LogP contribution in [0.2, 0.25) is 10.0 Å². The maximum Gasteiger partial charge on any atom is 0.207 e. The number of hydrogen-bond donors (Lipinski definition) is 9. The zero-order valence-corrected chi connectivity index (χ0v) is 20.2. The molecule has 0 saturated heterocycles. The Morgan fingerprint density at radius 1 is 0.735 bits per heavy atom. The van der Waals surface area contributed by atoms with Crippen molar-refractivity contribution in [3.05, 3.63) is 58.6 Å². The molecule has 0 heterocycles. The molecular formula is C22H30Cl2N10. The Bertz CT molecular complexity index is 974. The number of nitrogens with zero attached hydrogens (tertiary/aromatic N) is 1. The van der Waals surface area contributed by atoms with Crippen molar-refractivity contribution in [1.82, 2.24) is 21.3 Å². The summed E-state index contributed by atoms with van der Waals surface area (Å²) in [7, 11) is 0. The Balaban J connectivity index is 1.76. The van der Waals surface area contributed by atoms with E-state index < -0.39 is 0 Å². The minimum absolute atomic E-state index is 0.0250. The number of benzene rings is 2. The van der Waals surface area contributed by atoms with Crippen LogP contribution in [0.15, 0.2) is 53.5 Å². The van der Waals surface area contributed by atoms with E-state index in [1.807, 2.05) is 12.1 Å². The first-order chi connectivity index (χ1) is 16.3. The molecule has 0 aliphatic heterocycles. The summed E-state index contributed by atoms with van der Waals surface area (Å²) in [6, 6.07) is 14.3. The van der Waals surface area contributed by atoms with E-state index in [-0.39, 0.29) is 17.9 Å². The monoisotopic (exact) mass is 504 g/mol. The maximum atomic E-state index is 8.21. The van der Waals surface area contributed by atoms with Gasteiger partial charge in [-0.25, -0.2) is 4.99 Å². The normalized spacial score (nSPS) is 10.8. The standard InChI is InChI=1S/C22H30Cl2N10/c23-15-5-9-17(10-6-15)31-22(32-18-11-7-16(24)8-12-18)34-21(28)30-14-4-2-1-3-13-29-20(27)33-19(25)26/h5-12H,1-4,13-14H2,(H6,25,26,27,29,33)(H4,28,30,31,32,34). The highest BCUT2D eigenvalue weighted by Gasteiger charge is 2.05. The molecule has 12 heteroatoms. The molecular weight excluding hydrogens is 475 g/mol. The van der Waals surface area contributed by atoms with Gasteiger partial charge in [0.2, 0.25) is 5.96 Å². The SMILES string of the molecule is N=C(N)NC(=N)NCCCCCCNC(=N)N/C(=N/c1ccc(Cl)cc1)Nc1ccc(Cl)cc1. The number of guanidine groups is 4. The predicted octanol–water partition coefficient (Wildman–Crippen LogP) is 3.77. The second-order valence-electron chi connectivity index (χ2n) is 7.25. The van der Waals surface area contributed by atoms with Gasteiger partial charge in [-0.2, -0.15) is 0 Å². The maximum absolute atomic E-state index is 8.21. The molecule has 182 valence electrons. The molecule has 0 atom stereocenters. The van der Waals surface area contributed by atoms with Crippen LogP contribution in [0.4, 0.5) is 11.4 Å². The third-order valence-electron chi connectivity index (χ3n) is 4.38. The first-order valence-electron chi connectivity index (χ1n) is 10.7. The largest absolute Gasteiger partial charge is 0.370 e. The zero-order valence-electron chi connectivity index (χ0n) is 18.6. The predicted molar refractivity (Wildman–Crippen MR) is 142 cm³/mol. The van der Waals surface area contributed by atoms with E-state index in [4.69, 9.17) is 45.2 Å². The summed E-state index contributed by atoms with van der Waals surface area (Å²) in [5, 5.41) is 38.4. The zero-order chi connectivity index (χ0) is 24.8. The summed E-state index contributed by atoms with van der Waals surface area (Å²) in [5.41, 5.74) is 6.62. The highest BCUT2D eigenvalue weighted by Crippen LogP contribution is 2.17. The van der Waals surface area contributed by atoms with Gasteiger partial charge in [0, 0.05) is 28.8 Å². The lowest BCUT2D eigenvalue weighted by Crippen LogP contribution is -2.43. The van der Waals surface area contributed by atoms with E-state index in [0.29, 0.717) is 34.8 Å². The lowest BCUT2D eigenvalue weighted by Gasteiger charge is -2.14. The van der Waals surface area contributed by atoms with Crippen molar-refractivity contribution in [1.29, 1.82) is 16.2 Å². The molecule has 10 N–H and O–H groups in total. The second kappa shape index (κ2) is 14.6. The summed E-state index contributed by atoms with van der Waals surface area (Å²) >= 11 is 11.9. The van der Waals surface area contributed by atoms with Gasteiger partial charge in [-0.15, -0.1) is 0 Å². The van der Waals surface area contributed by atoms with E-state index >= 15 is 0 Å². The van der Waals surface area contributed by atoms with E-state index in [2.05, 4.69) is 31.6 Å². The number of anilines is 1. The minimum Gasteiger partial charge on any atom is -0.370 e. The summed E-state index contributed by atoms with van der Waals surface area (Å²) in [6.45, 7) is 1.26. The molecule has 0 saturated carbocycles. The Morgan fingerprint density at radius 2 is 1.24 bits per heavy atom. The van der Waals surface area contributed by atoms with Crippen LogP contribution in [0.25, 0.3) is 0 Å². The molecule has 0 fully saturated rings. The van der Waals surface area contributed by atoms with Crippen molar-refractivity contribution in [3.8, 4) is 0 Å². The first kappa shape index (κ1) is 26.7. The third-order valence-corrected chi connectivity index (χ3v) is 4.89. The van der Waals surface area contributed by atoms with Crippen molar-refractivity contribution in [3.63, 3.8) is 0 Å². The third kappa shape index (κ3) is 11.4. The first-order valence-corrected chi connectivity index (χ1v) is 11.5. The van der Waals surface area contributed by atoms with Crippen molar-refractivity contribution in [2.75, 3.05) is 18.4 Å². The van der Waals surface area contributed by atoms with Crippen LogP contribution in [0, 0.1) is 16.2 Å². The fraction of sp³-hybridized carbons (Fsp3) is 0.273. The van der Waals surface area contributed by atoms with Gasteiger partial charge >= 0.3 is 0 Å². The van der Waals surface area contributed by atoms with Gasteiger partial charge in [0.05, 0.1) is 5.69 Å². The molecule has 2 aromatic carbocycles. The Hall–Kier alpha value is -3.50. The van der Waals surface area contributed by atoms with E-state index in [1.165, 1.54) is 0 Å². The Morgan fingerprint density at radius 3 is 1.76 bits per heavy atom. The summed E-state index contributed by atoms with van der Waals surface area (Å²) in [5.74, 6) is 0.274. The summed E-state index contributed by atoms with van der Waals surface area (Å²) in [4.78, 5) is 4.54. The number of nitrogens with two attached hydrogens (primary N) is 1. The number of aliphatic imine (C=N–C) groups is 1. The van der Waals surface area contributed by atoms with Crippen molar-refractivity contribution >= 4 is 58.4 Å². The molecule has 0 bridgehead atoms. The van der Waals surface area contributed by atoms with Crippen LogP contribution < -0.4 is 32.3 Å². The summed E-state index contributed by atoms with van der Waals surface area (Å²) in [6.07, 6.45) is 3.73. The fourth-order valence-electron chi connectivity index (χ4n) is 2.77. The molecule has 0 aromatic heterocycles. The number of halogens is 2. The van der Waals surface area contributed by atoms with E-state index in [0.717, 1.165) is 31.4 Å². The molecule has 0 aliphatic carbocycles. The van der Waals surface area contributed by atoms with E-state index in [1.54, 1.807) is 36.4 Å².